The number of aliphatic hydroxyl groups is 1. The van der Waals surface area contributed by atoms with Crippen molar-refractivity contribution < 1.29 is 9.84 Å². The second kappa shape index (κ2) is 9.50. The lowest BCUT2D eigenvalue weighted by Gasteiger charge is -2.12. The molecular weight excluding hydrogens is 426 g/mol. The SMILES string of the molecule is Cc1cc(C)cc(-n2c(SCCOCCO)nnc2-c2ccc(Br)cc2)c1. The second-order valence-electron chi connectivity index (χ2n) is 6.18. The largest absolute Gasteiger partial charge is 0.394 e. The van der Waals surface area contributed by atoms with Gasteiger partial charge in [0.25, 0.3) is 0 Å². The summed E-state index contributed by atoms with van der Waals surface area (Å²) in [5, 5.41) is 18.5. The van der Waals surface area contributed by atoms with Crippen molar-refractivity contribution in [3.63, 3.8) is 0 Å². The Morgan fingerprint density at radius 2 is 1.74 bits per heavy atom. The fourth-order valence-corrected chi connectivity index (χ4v) is 3.89. The predicted octanol–water partition coefficient (Wildman–Crippen LogP) is 4.41. The number of benzene rings is 2. The predicted molar refractivity (Wildman–Crippen MR) is 113 cm³/mol. The first-order valence-electron chi connectivity index (χ1n) is 8.70. The van der Waals surface area contributed by atoms with Crippen LogP contribution in [0.5, 0.6) is 0 Å². The standard InChI is InChI=1S/C20H22BrN3O2S/c1-14-11-15(2)13-18(12-14)24-19(16-3-5-17(21)6-4-16)22-23-20(24)27-10-9-26-8-7-25/h3-6,11-13,25H,7-10H2,1-2H3. The van der Waals surface area contributed by atoms with E-state index < -0.39 is 0 Å². The van der Waals surface area contributed by atoms with E-state index in [1.807, 2.05) is 24.3 Å². The Morgan fingerprint density at radius 3 is 2.41 bits per heavy atom. The summed E-state index contributed by atoms with van der Waals surface area (Å²) in [6.45, 7) is 5.13. The third-order valence-corrected chi connectivity index (χ3v) is 5.32. The van der Waals surface area contributed by atoms with Crippen molar-refractivity contribution in [2.24, 2.45) is 0 Å². The van der Waals surface area contributed by atoms with Gasteiger partial charge >= 0.3 is 0 Å². The summed E-state index contributed by atoms with van der Waals surface area (Å²) in [6.07, 6.45) is 0. The van der Waals surface area contributed by atoms with Crippen LogP contribution < -0.4 is 0 Å². The van der Waals surface area contributed by atoms with Gasteiger partial charge in [0.2, 0.25) is 0 Å². The highest BCUT2D eigenvalue weighted by Gasteiger charge is 2.16. The van der Waals surface area contributed by atoms with E-state index in [1.165, 1.54) is 11.1 Å². The fraction of sp³-hybridized carbons (Fsp3) is 0.300. The summed E-state index contributed by atoms with van der Waals surface area (Å²) in [5.74, 6) is 1.55. The molecule has 0 aliphatic rings. The molecule has 5 nitrogen and oxygen atoms in total. The first-order chi connectivity index (χ1) is 13.1. The van der Waals surface area contributed by atoms with E-state index in [2.05, 4.69) is 62.7 Å². The molecule has 2 aromatic carbocycles. The first kappa shape index (κ1) is 20.1. The van der Waals surface area contributed by atoms with Crippen LogP contribution in [0.1, 0.15) is 11.1 Å². The zero-order chi connectivity index (χ0) is 19.2. The molecule has 0 aliphatic carbocycles. The Labute approximate surface area is 171 Å². The van der Waals surface area contributed by atoms with Gasteiger partial charge in [-0.15, -0.1) is 10.2 Å². The van der Waals surface area contributed by atoms with Gasteiger partial charge in [-0.25, -0.2) is 0 Å². The normalized spacial score (nSPS) is 11.1. The Bertz CT molecular complexity index is 876. The molecule has 0 saturated heterocycles. The van der Waals surface area contributed by atoms with E-state index in [1.54, 1.807) is 11.8 Å². The number of hydrogen-bond acceptors (Lipinski definition) is 5. The summed E-state index contributed by atoms with van der Waals surface area (Å²) in [4.78, 5) is 0. The van der Waals surface area contributed by atoms with Crippen LogP contribution in [0.25, 0.3) is 17.1 Å². The Hall–Kier alpha value is -1.67. The summed E-state index contributed by atoms with van der Waals surface area (Å²) >= 11 is 5.08. The Kier molecular flexibility index (Phi) is 7.07. The summed E-state index contributed by atoms with van der Waals surface area (Å²) in [7, 11) is 0. The van der Waals surface area contributed by atoms with E-state index in [-0.39, 0.29) is 6.61 Å². The molecule has 0 amide bonds. The summed E-state index contributed by atoms with van der Waals surface area (Å²) < 4.78 is 8.48. The Morgan fingerprint density at radius 1 is 1.04 bits per heavy atom. The van der Waals surface area contributed by atoms with Crippen molar-refractivity contribution in [2.75, 3.05) is 25.6 Å². The third kappa shape index (κ3) is 5.19. The van der Waals surface area contributed by atoms with Gasteiger partial charge in [0, 0.05) is 15.8 Å². The van der Waals surface area contributed by atoms with Gasteiger partial charge in [0.15, 0.2) is 11.0 Å². The number of hydrogen-bond donors (Lipinski definition) is 1. The van der Waals surface area contributed by atoms with Gasteiger partial charge in [-0.2, -0.15) is 0 Å². The zero-order valence-electron chi connectivity index (χ0n) is 15.4. The van der Waals surface area contributed by atoms with Gasteiger partial charge < -0.3 is 9.84 Å². The van der Waals surface area contributed by atoms with E-state index >= 15 is 0 Å². The number of aromatic nitrogens is 3. The number of halogens is 1. The van der Waals surface area contributed by atoms with Crippen LogP contribution in [0.2, 0.25) is 0 Å². The van der Waals surface area contributed by atoms with E-state index in [9.17, 15) is 0 Å². The molecule has 0 radical (unpaired) electrons. The third-order valence-electron chi connectivity index (χ3n) is 3.89. The molecule has 0 spiro atoms. The molecular formula is C20H22BrN3O2S. The van der Waals surface area contributed by atoms with Gasteiger partial charge in [0.1, 0.15) is 0 Å². The number of nitrogens with zero attached hydrogens (tertiary/aromatic N) is 3. The molecule has 0 unspecified atom stereocenters. The van der Waals surface area contributed by atoms with Crippen LogP contribution in [0.15, 0.2) is 52.1 Å². The van der Waals surface area contributed by atoms with Gasteiger partial charge in [0.05, 0.1) is 25.5 Å². The quantitative estimate of drug-likeness (QED) is 0.409. The van der Waals surface area contributed by atoms with Crippen LogP contribution in [-0.4, -0.2) is 45.4 Å². The minimum Gasteiger partial charge on any atom is -0.394 e. The maximum Gasteiger partial charge on any atom is 0.196 e. The summed E-state index contributed by atoms with van der Waals surface area (Å²) in [6, 6.07) is 14.5. The minimum atomic E-state index is 0.0388. The lowest BCUT2D eigenvalue weighted by molar-refractivity contribution is 0.103. The molecule has 0 atom stereocenters. The highest BCUT2D eigenvalue weighted by atomic mass is 79.9. The van der Waals surface area contributed by atoms with Crippen molar-refractivity contribution in [3.05, 3.63) is 58.1 Å². The van der Waals surface area contributed by atoms with Crippen molar-refractivity contribution in [1.29, 1.82) is 0 Å². The molecule has 142 valence electrons. The minimum absolute atomic E-state index is 0.0388. The van der Waals surface area contributed by atoms with Crippen molar-refractivity contribution in [2.45, 2.75) is 19.0 Å². The topological polar surface area (TPSA) is 60.2 Å². The molecule has 0 bridgehead atoms. The van der Waals surface area contributed by atoms with Gasteiger partial charge in [-0.3, -0.25) is 4.57 Å². The van der Waals surface area contributed by atoms with E-state index in [0.717, 1.165) is 32.5 Å². The van der Waals surface area contributed by atoms with Crippen LogP contribution in [0, 0.1) is 13.8 Å². The molecule has 1 aromatic heterocycles. The second-order valence-corrected chi connectivity index (χ2v) is 8.16. The molecule has 3 aromatic rings. The molecule has 1 N–H and O–H groups in total. The average Bonchev–Trinajstić information content (AvgIpc) is 3.05. The van der Waals surface area contributed by atoms with Gasteiger partial charge in [-0.05, 0) is 49.2 Å². The van der Waals surface area contributed by atoms with Crippen LogP contribution in [-0.2, 0) is 4.74 Å². The van der Waals surface area contributed by atoms with Crippen molar-refractivity contribution >= 4 is 27.7 Å². The highest BCUT2D eigenvalue weighted by Crippen LogP contribution is 2.29. The number of thioether (sulfide) groups is 1. The van der Waals surface area contributed by atoms with E-state index in [4.69, 9.17) is 9.84 Å². The average molecular weight is 448 g/mol. The molecule has 0 saturated carbocycles. The fourth-order valence-electron chi connectivity index (χ4n) is 2.82. The van der Waals surface area contributed by atoms with Crippen LogP contribution in [0.3, 0.4) is 0 Å². The summed E-state index contributed by atoms with van der Waals surface area (Å²) in [5.41, 5.74) is 4.45. The monoisotopic (exact) mass is 447 g/mol. The lowest BCUT2D eigenvalue weighted by atomic mass is 10.1. The molecule has 27 heavy (non-hydrogen) atoms. The Balaban J connectivity index is 1.97. The van der Waals surface area contributed by atoms with Crippen LogP contribution >= 0.6 is 27.7 Å². The molecule has 7 heteroatoms. The van der Waals surface area contributed by atoms with E-state index in [0.29, 0.717) is 13.2 Å². The lowest BCUT2D eigenvalue weighted by Crippen LogP contribution is -2.04. The number of ether oxygens (including phenoxy) is 1. The maximum atomic E-state index is 8.81. The number of aliphatic hydroxyl groups excluding tert-OH is 1. The smallest absolute Gasteiger partial charge is 0.196 e. The molecule has 0 aliphatic heterocycles. The molecule has 3 rings (SSSR count). The maximum absolute atomic E-state index is 8.81. The van der Waals surface area contributed by atoms with Crippen molar-refractivity contribution in [3.8, 4) is 17.1 Å². The van der Waals surface area contributed by atoms with Crippen LogP contribution in [0.4, 0.5) is 0 Å². The molecule has 0 fully saturated rings. The number of aryl methyl sites for hydroxylation is 2. The zero-order valence-corrected chi connectivity index (χ0v) is 17.8. The highest BCUT2D eigenvalue weighted by molar-refractivity contribution is 9.10. The molecule has 1 heterocycles. The van der Waals surface area contributed by atoms with Crippen molar-refractivity contribution in [1.82, 2.24) is 14.8 Å². The number of rotatable bonds is 8. The van der Waals surface area contributed by atoms with Gasteiger partial charge in [-0.1, -0.05) is 45.9 Å². The first-order valence-corrected chi connectivity index (χ1v) is 10.5.